The van der Waals surface area contributed by atoms with E-state index in [9.17, 15) is 9.90 Å². The van der Waals surface area contributed by atoms with Gasteiger partial charge in [-0.05, 0) is 32.6 Å². The Morgan fingerprint density at radius 3 is 2.94 bits per heavy atom. The number of likely N-dealkylation sites (tertiary alicyclic amines) is 1. The molecule has 1 saturated heterocycles. The van der Waals surface area contributed by atoms with E-state index in [0.717, 1.165) is 18.7 Å². The minimum Gasteiger partial charge on any atom is -0.457 e. The van der Waals surface area contributed by atoms with Gasteiger partial charge in [-0.3, -0.25) is 9.69 Å². The summed E-state index contributed by atoms with van der Waals surface area (Å²) in [6.45, 7) is 2.22. The Morgan fingerprint density at radius 2 is 2.33 bits per heavy atom. The predicted molar refractivity (Wildman–Crippen MR) is 67.5 cm³/mol. The van der Waals surface area contributed by atoms with E-state index >= 15 is 0 Å². The quantitative estimate of drug-likeness (QED) is 0.777. The molecular formula is C13H20N2O3. The van der Waals surface area contributed by atoms with Crippen LogP contribution in [-0.4, -0.2) is 60.5 Å². The van der Waals surface area contributed by atoms with Crippen LogP contribution in [0.4, 0.5) is 0 Å². The number of hydrogen-bond donors (Lipinski definition) is 1. The van der Waals surface area contributed by atoms with E-state index in [1.165, 1.54) is 0 Å². The number of furan rings is 1. The molecular weight excluding hydrogens is 232 g/mol. The van der Waals surface area contributed by atoms with Gasteiger partial charge in [0, 0.05) is 19.1 Å². The number of nitrogens with zero attached hydrogens (tertiary/aromatic N) is 2. The van der Waals surface area contributed by atoms with E-state index in [4.69, 9.17) is 4.42 Å². The highest BCUT2D eigenvalue weighted by Gasteiger charge is 2.31. The monoisotopic (exact) mass is 252 g/mol. The molecule has 5 nitrogen and oxygen atoms in total. The van der Waals surface area contributed by atoms with Crippen molar-refractivity contribution in [3.8, 4) is 0 Å². The maximum absolute atomic E-state index is 10.6. The molecule has 1 aromatic rings. The molecule has 0 aliphatic carbocycles. The van der Waals surface area contributed by atoms with E-state index in [-0.39, 0.29) is 6.10 Å². The summed E-state index contributed by atoms with van der Waals surface area (Å²) in [4.78, 5) is 14.9. The average Bonchev–Trinajstić information content (AvgIpc) is 2.86. The smallest absolute Gasteiger partial charge is 0.185 e. The van der Waals surface area contributed by atoms with Gasteiger partial charge in [0.25, 0.3) is 0 Å². The number of hydrogen-bond acceptors (Lipinski definition) is 5. The van der Waals surface area contributed by atoms with Crippen LogP contribution in [0.3, 0.4) is 0 Å². The Kier molecular flexibility index (Phi) is 4.16. The van der Waals surface area contributed by atoms with E-state index in [1.54, 1.807) is 6.07 Å². The van der Waals surface area contributed by atoms with Crippen LogP contribution in [0.25, 0.3) is 0 Å². The number of likely N-dealkylation sites (N-methyl/N-ethyl adjacent to an activating group) is 1. The first-order valence-electron chi connectivity index (χ1n) is 6.19. The van der Waals surface area contributed by atoms with Crippen molar-refractivity contribution >= 4 is 6.29 Å². The zero-order valence-corrected chi connectivity index (χ0v) is 10.9. The first-order chi connectivity index (χ1) is 8.58. The summed E-state index contributed by atoms with van der Waals surface area (Å²) in [5.74, 6) is 1.13. The molecule has 1 fully saturated rings. The van der Waals surface area contributed by atoms with Crippen molar-refractivity contribution < 1.29 is 14.3 Å². The van der Waals surface area contributed by atoms with Crippen LogP contribution in [0.15, 0.2) is 16.5 Å². The van der Waals surface area contributed by atoms with Crippen LogP contribution in [-0.2, 0) is 6.54 Å². The van der Waals surface area contributed by atoms with Gasteiger partial charge in [-0.25, -0.2) is 0 Å². The molecule has 5 heteroatoms. The third kappa shape index (κ3) is 3.19. The zero-order valence-electron chi connectivity index (χ0n) is 10.9. The standard InChI is InChI=1S/C13H20N2O3/c1-14(2)6-10-5-11(17)7-15(10)8-12-3-4-13(9-16)18-12/h3-4,9-11,17H,5-8H2,1-2H3. The van der Waals surface area contributed by atoms with Crippen molar-refractivity contribution in [1.29, 1.82) is 0 Å². The number of rotatable bonds is 5. The van der Waals surface area contributed by atoms with Gasteiger partial charge in [-0.1, -0.05) is 0 Å². The minimum atomic E-state index is -0.268. The number of carbonyl (C=O) groups is 1. The summed E-state index contributed by atoms with van der Waals surface area (Å²) in [5, 5.41) is 9.77. The topological polar surface area (TPSA) is 56.9 Å². The van der Waals surface area contributed by atoms with Gasteiger partial charge >= 0.3 is 0 Å². The normalized spacial score (nSPS) is 24.9. The van der Waals surface area contributed by atoms with E-state index in [1.807, 2.05) is 20.2 Å². The summed E-state index contributed by atoms with van der Waals surface area (Å²) in [5.41, 5.74) is 0. The van der Waals surface area contributed by atoms with Gasteiger partial charge in [0.2, 0.25) is 0 Å². The van der Waals surface area contributed by atoms with Crippen LogP contribution >= 0.6 is 0 Å². The third-order valence-corrected chi connectivity index (χ3v) is 3.24. The summed E-state index contributed by atoms with van der Waals surface area (Å²) < 4.78 is 5.38. The predicted octanol–water partition coefficient (Wildman–Crippen LogP) is 0.589. The van der Waals surface area contributed by atoms with Crippen LogP contribution in [0.2, 0.25) is 0 Å². The lowest BCUT2D eigenvalue weighted by Gasteiger charge is -2.25. The summed E-state index contributed by atoms with van der Waals surface area (Å²) >= 11 is 0. The SMILES string of the molecule is CN(C)CC1CC(O)CN1Cc1ccc(C=O)o1. The molecule has 0 saturated carbocycles. The summed E-state index contributed by atoms with van der Waals surface area (Å²) in [7, 11) is 4.06. The number of aliphatic hydroxyl groups is 1. The second kappa shape index (κ2) is 5.65. The minimum absolute atomic E-state index is 0.268. The fourth-order valence-electron chi connectivity index (χ4n) is 2.51. The molecule has 1 aliphatic heterocycles. The fraction of sp³-hybridized carbons (Fsp3) is 0.615. The number of aldehydes is 1. The molecule has 1 aromatic heterocycles. The largest absolute Gasteiger partial charge is 0.457 e. The van der Waals surface area contributed by atoms with E-state index in [0.29, 0.717) is 31.2 Å². The molecule has 18 heavy (non-hydrogen) atoms. The third-order valence-electron chi connectivity index (χ3n) is 3.24. The van der Waals surface area contributed by atoms with Crippen LogP contribution in [0, 0.1) is 0 Å². The van der Waals surface area contributed by atoms with Gasteiger partial charge in [-0.2, -0.15) is 0 Å². The first kappa shape index (κ1) is 13.3. The Bertz CT molecular complexity index is 403. The van der Waals surface area contributed by atoms with Crippen molar-refractivity contribution in [3.63, 3.8) is 0 Å². The van der Waals surface area contributed by atoms with Gasteiger partial charge < -0.3 is 14.4 Å². The number of carbonyl (C=O) groups excluding carboxylic acids is 1. The molecule has 1 aliphatic rings. The van der Waals surface area contributed by atoms with Gasteiger partial charge in [0.15, 0.2) is 12.0 Å². The molecule has 2 atom stereocenters. The van der Waals surface area contributed by atoms with Crippen molar-refractivity contribution in [2.24, 2.45) is 0 Å². The van der Waals surface area contributed by atoms with Crippen LogP contribution in [0.5, 0.6) is 0 Å². The van der Waals surface area contributed by atoms with Crippen LogP contribution in [0.1, 0.15) is 22.7 Å². The fourth-order valence-corrected chi connectivity index (χ4v) is 2.51. The molecule has 0 bridgehead atoms. The van der Waals surface area contributed by atoms with Gasteiger partial charge in [0.05, 0.1) is 12.6 Å². The molecule has 0 aromatic carbocycles. The maximum Gasteiger partial charge on any atom is 0.185 e. The molecule has 2 unspecified atom stereocenters. The zero-order chi connectivity index (χ0) is 13.1. The average molecular weight is 252 g/mol. The molecule has 100 valence electrons. The summed E-state index contributed by atoms with van der Waals surface area (Å²) in [6.07, 6.45) is 1.23. The lowest BCUT2D eigenvalue weighted by atomic mass is 10.2. The Morgan fingerprint density at radius 1 is 1.56 bits per heavy atom. The van der Waals surface area contributed by atoms with E-state index in [2.05, 4.69) is 9.80 Å². The van der Waals surface area contributed by atoms with Crippen molar-refractivity contribution in [1.82, 2.24) is 9.80 Å². The van der Waals surface area contributed by atoms with Crippen LogP contribution < -0.4 is 0 Å². The summed E-state index contributed by atoms with van der Waals surface area (Å²) in [6, 6.07) is 3.83. The van der Waals surface area contributed by atoms with E-state index < -0.39 is 0 Å². The lowest BCUT2D eigenvalue weighted by molar-refractivity contribution is 0.109. The molecule has 1 N–H and O–H groups in total. The molecule has 2 rings (SSSR count). The van der Waals surface area contributed by atoms with Gasteiger partial charge in [-0.15, -0.1) is 0 Å². The Balaban J connectivity index is 1.99. The van der Waals surface area contributed by atoms with Crippen molar-refractivity contribution in [3.05, 3.63) is 23.7 Å². The van der Waals surface area contributed by atoms with Crippen molar-refractivity contribution in [2.45, 2.75) is 25.1 Å². The maximum atomic E-state index is 10.6. The number of aliphatic hydroxyl groups excluding tert-OH is 1. The molecule has 0 amide bonds. The molecule has 0 spiro atoms. The number of β-amino-alcohol motifs (C(OH)–C–C–N with tert-alkyl or cyclic N) is 1. The second-order valence-corrected chi connectivity index (χ2v) is 5.16. The Hall–Kier alpha value is -1.17. The first-order valence-corrected chi connectivity index (χ1v) is 6.19. The van der Waals surface area contributed by atoms with Gasteiger partial charge in [0.1, 0.15) is 5.76 Å². The highest BCUT2D eigenvalue weighted by Crippen LogP contribution is 2.21. The second-order valence-electron chi connectivity index (χ2n) is 5.16. The molecule has 0 radical (unpaired) electrons. The highest BCUT2D eigenvalue weighted by molar-refractivity contribution is 5.70. The Labute approximate surface area is 107 Å². The lowest BCUT2D eigenvalue weighted by Crippen LogP contribution is -2.37. The molecule has 2 heterocycles. The highest BCUT2D eigenvalue weighted by atomic mass is 16.3. The van der Waals surface area contributed by atoms with Crippen molar-refractivity contribution in [2.75, 3.05) is 27.2 Å².